The van der Waals surface area contributed by atoms with Crippen LogP contribution in [0.25, 0.3) is 5.76 Å². The third-order valence-corrected chi connectivity index (χ3v) is 4.46. The number of aromatic nitrogens is 2. The maximum Gasteiger partial charge on any atom is 0.277 e. The quantitative estimate of drug-likeness (QED) is 0.482. The summed E-state index contributed by atoms with van der Waals surface area (Å²) in [5, 5.41) is 14.7. The fourth-order valence-corrected chi connectivity index (χ4v) is 3.08. The molecule has 27 heavy (non-hydrogen) atoms. The number of aryl methyl sites for hydroxylation is 2. The van der Waals surface area contributed by atoms with Crippen LogP contribution in [-0.4, -0.2) is 51.4 Å². The first-order chi connectivity index (χ1) is 12.4. The van der Waals surface area contributed by atoms with Crippen molar-refractivity contribution in [2.45, 2.75) is 46.6 Å². The first-order valence-corrected chi connectivity index (χ1v) is 8.72. The summed E-state index contributed by atoms with van der Waals surface area (Å²) in [7, 11) is 3.22. The van der Waals surface area contributed by atoms with Gasteiger partial charge in [0.1, 0.15) is 11.3 Å². The van der Waals surface area contributed by atoms with Crippen LogP contribution in [0.5, 0.6) is 0 Å². The standard InChI is InChI=1S/C19H25N3O5/c1-11-8-12(18(27)22(20-11)7-6-15(25)21(4)5)17(26)16-13(23)9-19(2,3)10-14(16)24/h8,26H,6-7,9-10H2,1-5H3. The Morgan fingerprint density at radius 3 is 2.30 bits per heavy atom. The molecule has 1 aliphatic carbocycles. The molecule has 0 radical (unpaired) electrons. The summed E-state index contributed by atoms with van der Waals surface area (Å²) >= 11 is 0. The Bertz CT molecular complexity index is 871. The minimum atomic E-state index is -0.650. The highest BCUT2D eigenvalue weighted by molar-refractivity contribution is 6.26. The molecule has 1 saturated carbocycles. The summed E-state index contributed by atoms with van der Waals surface area (Å²) in [5.74, 6) is -1.73. The SMILES string of the molecule is Cc1cc(C(O)=C2C(=O)CC(C)(C)CC2=O)c(=O)n(CCC(=O)N(C)C)n1. The maximum absolute atomic E-state index is 12.7. The van der Waals surface area contributed by atoms with E-state index in [-0.39, 0.29) is 42.9 Å². The van der Waals surface area contributed by atoms with Gasteiger partial charge in [0.05, 0.1) is 17.8 Å². The first-order valence-electron chi connectivity index (χ1n) is 8.72. The Morgan fingerprint density at radius 2 is 1.78 bits per heavy atom. The van der Waals surface area contributed by atoms with E-state index in [4.69, 9.17) is 0 Å². The van der Waals surface area contributed by atoms with E-state index >= 15 is 0 Å². The number of allylic oxidation sites excluding steroid dienone is 1. The molecule has 1 amide bonds. The second kappa shape index (κ2) is 7.46. The number of carbonyl (C=O) groups excluding carboxylic acids is 3. The number of hydrogen-bond acceptors (Lipinski definition) is 6. The smallest absolute Gasteiger partial charge is 0.277 e. The molecule has 2 rings (SSSR count). The van der Waals surface area contributed by atoms with E-state index in [9.17, 15) is 24.3 Å². The van der Waals surface area contributed by atoms with Crippen molar-refractivity contribution in [2.24, 2.45) is 5.41 Å². The van der Waals surface area contributed by atoms with E-state index in [0.717, 1.165) is 4.68 Å². The van der Waals surface area contributed by atoms with Gasteiger partial charge in [-0.05, 0) is 18.4 Å². The minimum Gasteiger partial charge on any atom is -0.506 e. The molecule has 1 N–H and O–H groups in total. The lowest BCUT2D eigenvalue weighted by molar-refractivity contribution is -0.129. The van der Waals surface area contributed by atoms with Crippen LogP contribution in [0.2, 0.25) is 0 Å². The molecular formula is C19H25N3O5. The Kier molecular flexibility index (Phi) is 5.67. The van der Waals surface area contributed by atoms with Gasteiger partial charge in [0.25, 0.3) is 5.56 Å². The zero-order valence-electron chi connectivity index (χ0n) is 16.3. The van der Waals surface area contributed by atoms with Gasteiger partial charge >= 0.3 is 0 Å². The van der Waals surface area contributed by atoms with E-state index < -0.39 is 28.3 Å². The molecule has 0 atom stereocenters. The monoisotopic (exact) mass is 375 g/mol. The lowest BCUT2D eigenvalue weighted by Gasteiger charge is -2.28. The number of hydrogen-bond donors (Lipinski definition) is 1. The highest BCUT2D eigenvalue weighted by Gasteiger charge is 2.38. The van der Waals surface area contributed by atoms with Crippen molar-refractivity contribution in [1.29, 1.82) is 0 Å². The second-order valence-corrected chi connectivity index (χ2v) is 7.85. The van der Waals surface area contributed by atoms with E-state index in [0.29, 0.717) is 5.69 Å². The highest BCUT2D eigenvalue weighted by atomic mass is 16.3. The van der Waals surface area contributed by atoms with Crippen LogP contribution in [0.3, 0.4) is 0 Å². The van der Waals surface area contributed by atoms with Crippen molar-refractivity contribution in [1.82, 2.24) is 14.7 Å². The molecule has 8 heteroatoms. The molecular weight excluding hydrogens is 350 g/mol. The summed E-state index contributed by atoms with van der Waals surface area (Å²) < 4.78 is 1.07. The van der Waals surface area contributed by atoms with Gasteiger partial charge in [-0.15, -0.1) is 0 Å². The van der Waals surface area contributed by atoms with E-state index in [1.54, 1.807) is 21.0 Å². The first kappa shape index (κ1) is 20.5. The number of Topliss-reactive ketones (excluding diaryl/α,β-unsaturated/α-hetero) is 2. The number of rotatable bonds is 4. The Morgan fingerprint density at radius 1 is 1.22 bits per heavy atom. The molecule has 0 unspecified atom stereocenters. The van der Waals surface area contributed by atoms with Crippen LogP contribution in [-0.2, 0) is 20.9 Å². The maximum atomic E-state index is 12.7. The summed E-state index contributed by atoms with van der Waals surface area (Å²) in [6.07, 6.45) is 0.299. The molecule has 0 aromatic carbocycles. The highest BCUT2D eigenvalue weighted by Crippen LogP contribution is 2.35. The molecule has 0 bridgehead atoms. The van der Waals surface area contributed by atoms with Gasteiger partial charge in [-0.2, -0.15) is 5.10 Å². The number of ketones is 2. The lowest BCUT2D eigenvalue weighted by atomic mass is 9.73. The minimum absolute atomic E-state index is 0.0298. The van der Waals surface area contributed by atoms with Gasteiger partial charge in [0, 0.05) is 33.4 Å². The van der Waals surface area contributed by atoms with Gasteiger partial charge in [-0.1, -0.05) is 13.8 Å². The fourth-order valence-electron chi connectivity index (χ4n) is 3.08. The average molecular weight is 375 g/mol. The molecule has 1 aromatic rings. The Balaban J connectivity index is 2.46. The predicted molar refractivity (Wildman–Crippen MR) is 99.1 cm³/mol. The molecule has 1 heterocycles. The number of nitrogens with zero attached hydrogens (tertiary/aromatic N) is 3. The summed E-state index contributed by atoms with van der Waals surface area (Å²) in [6.45, 7) is 5.27. The average Bonchev–Trinajstić information content (AvgIpc) is 2.52. The number of amides is 1. The van der Waals surface area contributed by atoms with Crippen LogP contribution in [0.15, 0.2) is 16.4 Å². The lowest BCUT2D eigenvalue weighted by Crippen LogP contribution is -2.34. The van der Waals surface area contributed by atoms with Crippen LogP contribution in [0, 0.1) is 12.3 Å². The third-order valence-electron chi connectivity index (χ3n) is 4.46. The van der Waals surface area contributed by atoms with Crippen molar-refractivity contribution in [2.75, 3.05) is 14.1 Å². The van der Waals surface area contributed by atoms with Crippen molar-refractivity contribution >= 4 is 23.2 Å². The Labute approximate surface area is 157 Å². The second-order valence-electron chi connectivity index (χ2n) is 7.85. The topological polar surface area (TPSA) is 110 Å². The van der Waals surface area contributed by atoms with Gasteiger partial charge in [0.15, 0.2) is 11.6 Å². The van der Waals surface area contributed by atoms with Crippen molar-refractivity contribution in [3.8, 4) is 0 Å². The van der Waals surface area contributed by atoms with Gasteiger partial charge < -0.3 is 10.0 Å². The zero-order chi connectivity index (χ0) is 20.5. The van der Waals surface area contributed by atoms with E-state index in [1.165, 1.54) is 11.0 Å². The molecule has 0 aliphatic heterocycles. The summed E-state index contributed by atoms with van der Waals surface area (Å²) in [4.78, 5) is 50.6. The number of aliphatic hydroxyl groups excluding tert-OH is 1. The summed E-state index contributed by atoms with van der Waals surface area (Å²) in [6, 6.07) is 1.34. The molecule has 0 saturated heterocycles. The molecule has 1 fully saturated rings. The van der Waals surface area contributed by atoms with Crippen LogP contribution < -0.4 is 5.56 Å². The molecule has 1 aliphatic rings. The molecule has 8 nitrogen and oxygen atoms in total. The zero-order valence-corrected chi connectivity index (χ0v) is 16.3. The van der Waals surface area contributed by atoms with Crippen LogP contribution in [0.4, 0.5) is 0 Å². The molecule has 1 aromatic heterocycles. The fraction of sp³-hybridized carbons (Fsp3) is 0.526. The van der Waals surface area contributed by atoms with E-state index in [1.807, 2.05) is 13.8 Å². The van der Waals surface area contributed by atoms with Gasteiger partial charge in [0.2, 0.25) is 5.91 Å². The number of aliphatic hydroxyl groups is 1. The third kappa shape index (κ3) is 4.50. The van der Waals surface area contributed by atoms with Gasteiger partial charge in [-0.3, -0.25) is 19.2 Å². The number of carbonyl (C=O) groups is 3. The largest absolute Gasteiger partial charge is 0.506 e. The van der Waals surface area contributed by atoms with Crippen molar-refractivity contribution in [3.63, 3.8) is 0 Å². The molecule has 0 spiro atoms. The van der Waals surface area contributed by atoms with Crippen LogP contribution in [0.1, 0.15) is 44.4 Å². The molecule has 146 valence electrons. The predicted octanol–water partition coefficient (Wildman–Crippen LogP) is 1.26. The Hall–Kier alpha value is -2.77. The van der Waals surface area contributed by atoms with Gasteiger partial charge in [-0.25, -0.2) is 4.68 Å². The van der Waals surface area contributed by atoms with Crippen molar-refractivity contribution in [3.05, 3.63) is 33.3 Å². The van der Waals surface area contributed by atoms with E-state index in [2.05, 4.69) is 5.10 Å². The van der Waals surface area contributed by atoms with Crippen LogP contribution >= 0.6 is 0 Å². The van der Waals surface area contributed by atoms with Crippen molar-refractivity contribution < 1.29 is 19.5 Å². The normalized spacial score (nSPS) is 16.4. The summed E-state index contributed by atoms with van der Waals surface area (Å²) in [5.41, 5.74) is -1.18.